The molecule has 3 heterocycles. The van der Waals surface area contributed by atoms with Gasteiger partial charge in [-0.25, -0.2) is 4.98 Å². The summed E-state index contributed by atoms with van der Waals surface area (Å²) in [6.07, 6.45) is 7.92. The van der Waals surface area contributed by atoms with E-state index in [4.69, 9.17) is 4.74 Å². The van der Waals surface area contributed by atoms with E-state index in [0.717, 1.165) is 62.4 Å². The maximum atomic E-state index is 12.9. The number of aromatic nitrogens is 2. The van der Waals surface area contributed by atoms with Crippen LogP contribution < -0.4 is 0 Å². The summed E-state index contributed by atoms with van der Waals surface area (Å²) in [5.41, 5.74) is 3.06. The fraction of sp³-hybridized carbons (Fsp3) is 0.474. The Bertz CT molecular complexity index is 682. The zero-order valence-corrected chi connectivity index (χ0v) is 13.8. The molecule has 1 amide bonds. The molecule has 2 aliphatic heterocycles. The molecule has 2 aromatic rings. The first kappa shape index (κ1) is 15.4. The van der Waals surface area contributed by atoms with E-state index in [-0.39, 0.29) is 11.3 Å². The van der Waals surface area contributed by atoms with E-state index in [9.17, 15) is 4.79 Å². The maximum absolute atomic E-state index is 12.9. The second-order valence-corrected chi connectivity index (χ2v) is 6.99. The van der Waals surface area contributed by atoms with E-state index in [2.05, 4.69) is 9.97 Å². The number of aromatic amines is 1. The normalized spacial score (nSPS) is 20.2. The number of H-pyrrole nitrogens is 1. The van der Waals surface area contributed by atoms with Crippen molar-refractivity contribution in [1.82, 2.24) is 14.9 Å². The number of carbonyl (C=O) groups excluding carboxylic acids is 1. The third-order valence-electron chi connectivity index (χ3n) is 5.44. The topological polar surface area (TPSA) is 58.2 Å². The molecule has 0 aliphatic carbocycles. The van der Waals surface area contributed by atoms with Crippen molar-refractivity contribution >= 4 is 5.91 Å². The van der Waals surface area contributed by atoms with Gasteiger partial charge in [0.1, 0.15) is 0 Å². The molecule has 1 aromatic carbocycles. The van der Waals surface area contributed by atoms with E-state index < -0.39 is 0 Å². The Hall–Kier alpha value is -2.14. The molecule has 1 spiro atoms. The summed E-state index contributed by atoms with van der Waals surface area (Å²) < 4.78 is 5.51. The molecule has 5 nitrogen and oxygen atoms in total. The fourth-order valence-corrected chi connectivity index (χ4v) is 3.98. The number of hydrogen-bond acceptors (Lipinski definition) is 3. The lowest BCUT2D eigenvalue weighted by Crippen LogP contribution is -2.48. The molecular formula is C19H23N3O2. The third-order valence-corrected chi connectivity index (χ3v) is 5.44. The van der Waals surface area contributed by atoms with Gasteiger partial charge in [0.15, 0.2) is 0 Å². The lowest BCUT2D eigenvalue weighted by atomic mass is 9.74. The molecule has 0 radical (unpaired) electrons. The van der Waals surface area contributed by atoms with Gasteiger partial charge in [-0.05, 0) is 48.8 Å². The predicted octanol–water partition coefficient (Wildman–Crippen LogP) is 3.11. The highest BCUT2D eigenvalue weighted by Gasteiger charge is 2.38. The van der Waals surface area contributed by atoms with Gasteiger partial charge in [0.25, 0.3) is 5.91 Å². The molecule has 2 aliphatic rings. The van der Waals surface area contributed by atoms with Crippen molar-refractivity contribution in [3.63, 3.8) is 0 Å². The number of amides is 1. The van der Waals surface area contributed by atoms with Gasteiger partial charge in [0.05, 0.1) is 18.2 Å². The van der Waals surface area contributed by atoms with Gasteiger partial charge in [0.2, 0.25) is 0 Å². The molecule has 0 bridgehead atoms. The van der Waals surface area contributed by atoms with Crippen LogP contribution in [-0.4, -0.2) is 47.1 Å². The van der Waals surface area contributed by atoms with Crippen molar-refractivity contribution in [1.29, 1.82) is 0 Å². The quantitative estimate of drug-likeness (QED) is 0.923. The first-order valence-corrected chi connectivity index (χ1v) is 8.72. The second kappa shape index (κ2) is 6.40. The number of carbonyl (C=O) groups is 1. The molecule has 1 N–H and O–H groups in total. The molecule has 5 heteroatoms. The van der Waals surface area contributed by atoms with Gasteiger partial charge >= 0.3 is 0 Å². The Morgan fingerprint density at radius 2 is 1.96 bits per heavy atom. The van der Waals surface area contributed by atoms with Crippen LogP contribution in [0.2, 0.25) is 0 Å². The van der Waals surface area contributed by atoms with Gasteiger partial charge in [-0.15, -0.1) is 0 Å². The highest BCUT2D eigenvalue weighted by Crippen LogP contribution is 2.39. The molecule has 0 unspecified atom stereocenters. The van der Waals surface area contributed by atoms with Crippen LogP contribution in [0, 0.1) is 5.41 Å². The van der Waals surface area contributed by atoms with Crippen LogP contribution in [0.5, 0.6) is 0 Å². The number of imidazole rings is 1. The molecule has 0 atom stereocenters. The lowest BCUT2D eigenvalue weighted by molar-refractivity contribution is -0.0229. The van der Waals surface area contributed by atoms with Crippen molar-refractivity contribution in [3.8, 4) is 11.3 Å². The Labute approximate surface area is 142 Å². The van der Waals surface area contributed by atoms with Crippen molar-refractivity contribution in [2.75, 3.05) is 26.3 Å². The average molecular weight is 325 g/mol. The van der Waals surface area contributed by atoms with Crippen LogP contribution in [0.25, 0.3) is 11.3 Å². The summed E-state index contributed by atoms with van der Waals surface area (Å²) in [4.78, 5) is 22.1. The molecule has 2 saturated heterocycles. The molecular weight excluding hydrogens is 302 g/mol. The van der Waals surface area contributed by atoms with Crippen molar-refractivity contribution in [2.24, 2.45) is 5.41 Å². The lowest BCUT2D eigenvalue weighted by Gasteiger charge is -2.45. The first-order chi connectivity index (χ1) is 11.8. The summed E-state index contributed by atoms with van der Waals surface area (Å²) >= 11 is 0. The zero-order valence-electron chi connectivity index (χ0n) is 13.8. The van der Waals surface area contributed by atoms with E-state index in [1.807, 2.05) is 29.2 Å². The summed E-state index contributed by atoms with van der Waals surface area (Å²) in [6, 6.07) is 7.80. The number of nitrogens with one attached hydrogen (secondary N) is 1. The number of ether oxygens (including phenoxy) is 1. The number of rotatable bonds is 2. The van der Waals surface area contributed by atoms with Gasteiger partial charge in [-0.3, -0.25) is 4.79 Å². The van der Waals surface area contributed by atoms with Crippen molar-refractivity contribution < 1.29 is 9.53 Å². The SMILES string of the molecule is O=C(c1ccc(-c2cnc[nH]2)cc1)N1CCCC2(CCOCC2)C1. The highest BCUT2D eigenvalue weighted by molar-refractivity contribution is 5.94. The fourth-order valence-electron chi connectivity index (χ4n) is 3.98. The van der Waals surface area contributed by atoms with Crippen molar-refractivity contribution in [2.45, 2.75) is 25.7 Å². The Morgan fingerprint density at radius 1 is 1.17 bits per heavy atom. The molecule has 1 aromatic heterocycles. The molecule has 2 fully saturated rings. The minimum Gasteiger partial charge on any atom is -0.381 e. The van der Waals surface area contributed by atoms with Crippen LogP contribution in [-0.2, 0) is 4.74 Å². The summed E-state index contributed by atoms with van der Waals surface area (Å²) in [7, 11) is 0. The van der Waals surface area contributed by atoms with E-state index >= 15 is 0 Å². The smallest absolute Gasteiger partial charge is 0.253 e. The Morgan fingerprint density at radius 3 is 2.67 bits per heavy atom. The van der Waals surface area contributed by atoms with Crippen LogP contribution in [0.15, 0.2) is 36.8 Å². The van der Waals surface area contributed by atoms with E-state index in [0.29, 0.717) is 0 Å². The van der Waals surface area contributed by atoms with Crippen LogP contribution in [0.1, 0.15) is 36.0 Å². The van der Waals surface area contributed by atoms with Crippen LogP contribution >= 0.6 is 0 Å². The maximum Gasteiger partial charge on any atom is 0.253 e. The summed E-state index contributed by atoms with van der Waals surface area (Å²) in [6.45, 7) is 3.41. The number of nitrogens with zero attached hydrogens (tertiary/aromatic N) is 2. The molecule has 24 heavy (non-hydrogen) atoms. The van der Waals surface area contributed by atoms with Gasteiger partial charge in [0, 0.05) is 31.9 Å². The molecule has 4 rings (SSSR count). The van der Waals surface area contributed by atoms with Gasteiger partial charge in [-0.1, -0.05) is 12.1 Å². The van der Waals surface area contributed by atoms with Crippen molar-refractivity contribution in [3.05, 3.63) is 42.4 Å². The Kier molecular flexibility index (Phi) is 4.10. The van der Waals surface area contributed by atoms with Gasteiger partial charge < -0.3 is 14.6 Å². The number of benzene rings is 1. The second-order valence-electron chi connectivity index (χ2n) is 6.99. The third kappa shape index (κ3) is 2.96. The summed E-state index contributed by atoms with van der Waals surface area (Å²) in [5.74, 6) is 0.150. The molecule has 126 valence electrons. The van der Waals surface area contributed by atoms with Gasteiger partial charge in [-0.2, -0.15) is 0 Å². The monoisotopic (exact) mass is 325 g/mol. The number of piperidine rings is 1. The number of likely N-dealkylation sites (tertiary alicyclic amines) is 1. The summed E-state index contributed by atoms with van der Waals surface area (Å²) in [5, 5.41) is 0. The van der Waals surface area contributed by atoms with Crippen LogP contribution in [0.4, 0.5) is 0 Å². The average Bonchev–Trinajstić information content (AvgIpc) is 3.17. The minimum absolute atomic E-state index is 0.150. The van der Waals surface area contributed by atoms with E-state index in [1.54, 1.807) is 12.5 Å². The highest BCUT2D eigenvalue weighted by atomic mass is 16.5. The predicted molar refractivity (Wildman–Crippen MR) is 91.6 cm³/mol. The standard InChI is InChI=1S/C19H23N3O2/c23-18(16-4-2-15(3-5-16)17-12-20-14-21-17)22-9-1-6-19(13-22)7-10-24-11-8-19/h2-5,12,14H,1,6-11,13H2,(H,20,21). The number of hydrogen-bond donors (Lipinski definition) is 1. The Balaban J connectivity index is 1.48. The van der Waals surface area contributed by atoms with Crippen LogP contribution in [0.3, 0.4) is 0 Å². The van der Waals surface area contributed by atoms with E-state index in [1.165, 1.54) is 6.42 Å². The zero-order chi connectivity index (χ0) is 16.4. The molecule has 0 saturated carbocycles. The largest absolute Gasteiger partial charge is 0.381 e. The first-order valence-electron chi connectivity index (χ1n) is 8.72. The minimum atomic E-state index is 0.150.